The molecule has 7 atom stereocenters. The van der Waals surface area contributed by atoms with E-state index >= 15 is 0 Å². The van der Waals surface area contributed by atoms with Gasteiger partial charge in [0.2, 0.25) is 5.91 Å². The minimum atomic E-state index is -5.09. The summed E-state index contributed by atoms with van der Waals surface area (Å²) in [6.45, 7) is 3.47. The van der Waals surface area contributed by atoms with Gasteiger partial charge in [0, 0.05) is 6.42 Å². The van der Waals surface area contributed by atoms with E-state index in [0.29, 0.717) is 6.42 Å². The number of allylic oxidation sites excluding steroid dienone is 3. The summed E-state index contributed by atoms with van der Waals surface area (Å²) in [5.74, 6) is -0.254. The Morgan fingerprint density at radius 1 is 0.443 bits per heavy atom. The van der Waals surface area contributed by atoms with Crippen LogP contribution in [-0.4, -0.2) is 95.4 Å². The summed E-state index contributed by atoms with van der Waals surface area (Å²) in [5.41, 5.74) is 0. The second kappa shape index (κ2) is 64.3. The third-order valence-electron chi connectivity index (χ3n) is 18.5. The maximum absolute atomic E-state index is 13.2. The highest BCUT2D eigenvalue weighted by atomic mass is 32.3. The monoisotopic (exact) mass is 1270 g/mol. The molecule has 0 aliphatic carbocycles. The standard InChI is InChI=1S/C75H145NO11S/c1-3-5-7-9-11-13-15-17-19-21-23-25-27-29-30-31-32-33-34-35-36-37-38-39-40-41-43-45-47-49-51-53-55-57-59-61-63-65-71(79)76-68(67-85-75-73(81)74(87-88(82,83)84)72(80)70(66-77)86-75)69(78)64-62-60-58-56-54-52-50-48-46-44-42-28-26-24-22-20-18-16-14-12-10-8-6-4-2/h33-34,62,64,68-70,72-75,77-78,80-81H,3-32,35-61,63,65-67H2,1-2H3,(H,76,79)(H,82,83,84)/b34-33-,64-62+. The summed E-state index contributed by atoms with van der Waals surface area (Å²) in [6.07, 6.45) is 75.7. The summed E-state index contributed by atoms with van der Waals surface area (Å²) in [4.78, 5) is 13.2. The lowest BCUT2D eigenvalue weighted by Gasteiger charge is -2.41. The van der Waals surface area contributed by atoms with E-state index in [1.54, 1.807) is 6.08 Å². The molecule has 1 saturated heterocycles. The van der Waals surface area contributed by atoms with E-state index in [-0.39, 0.29) is 18.9 Å². The molecular weight excluding hydrogens is 1120 g/mol. The van der Waals surface area contributed by atoms with Gasteiger partial charge in [-0.25, -0.2) is 4.18 Å². The molecule has 6 N–H and O–H groups in total. The molecule has 0 aromatic rings. The minimum absolute atomic E-state index is 0.254. The van der Waals surface area contributed by atoms with Crippen LogP contribution in [0.15, 0.2) is 24.3 Å². The zero-order valence-corrected chi connectivity index (χ0v) is 58.4. The number of carbonyl (C=O) groups is 1. The predicted octanol–water partition coefficient (Wildman–Crippen LogP) is 20.6. The van der Waals surface area contributed by atoms with Gasteiger partial charge in [0.25, 0.3) is 0 Å². The molecule has 1 amide bonds. The SMILES string of the molecule is CCCCCCCCCCCCCCCCCC/C=C\CCCCCCCCCCCCCCCCCCCC(=O)NC(COC1OC(CO)C(O)C(OS(=O)(=O)O)C1O)C(O)/C=C/CCCCCCCCCCCCCCCCCCCCCCCC. The quantitative estimate of drug-likeness (QED) is 0.0193. The molecule has 0 radical (unpaired) electrons. The van der Waals surface area contributed by atoms with Gasteiger partial charge in [-0.2, -0.15) is 8.42 Å². The van der Waals surface area contributed by atoms with Crippen molar-refractivity contribution < 1.29 is 51.8 Å². The van der Waals surface area contributed by atoms with E-state index in [9.17, 15) is 38.2 Å². The van der Waals surface area contributed by atoms with Crippen molar-refractivity contribution in [3.63, 3.8) is 0 Å². The van der Waals surface area contributed by atoms with Crippen LogP contribution in [0.5, 0.6) is 0 Å². The van der Waals surface area contributed by atoms with Gasteiger partial charge in [0.05, 0.1) is 25.4 Å². The van der Waals surface area contributed by atoms with Crippen LogP contribution in [0.25, 0.3) is 0 Å². The highest BCUT2D eigenvalue weighted by molar-refractivity contribution is 7.80. The molecular formula is C75H145NO11S. The van der Waals surface area contributed by atoms with E-state index in [2.05, 4.69) is 35.5 Å². The van der Waals surface area contributed by atoms with E-state index in [4.69, 9.17) is 9.47 Å². The fourth-order valence-electron chi connectivity index (χ4n) is 12.6. The van der Waals surface area contributed by atoms with Gasteiger partial charge in [-0.05, 0) is 44.9 Å². The molecule has 13 heteroatoms. The molecule has 0 bridgehead atoms. The Bertz CT molecular complexity index is 1630. The lowest BCUT2D eigenvalue weighted by Crippen LogP contribution is -2.61. The van der Waals surface area contributed by atoms with Gasteiger partial charge in [0.15, 0.2) is 6.29 Å². The van der Waals surface area contributed by atoms with Gasteiger partial charge >= 0.3 is 10.4 Å². The maximum Gasteiger partial charge on any atom is 0.397 e. The molecule has 1 aliphatic rings. The first kappa shape index (κ1) is 84.6. The van der Waals surface area contributed by atoms with Gasteiger partial charge in [-0.1, -0.05) is 366 Å². The Balaban J connectivity index is 2.18. The van der Waals surface area contributed by atoms with Crippen molar-refractivity contribution in [2.45, 2.75) is 436 Å². The number of aliphatic hydroxyl groups is 4. The van der Waals surface area contributed by atoms with Crippen LogP contribution in [0.2, 0.25) is 0 Å². The van der Waals surface area contributed by atoms with Gasteiger partial charge < -0.3 is 35.2 Å². The third kappa shape index (κ3) is 55.1. The lowest BCUT2D eigenvalue weighted by molar-refractivity contribution is -0.298. The topological polar surface area (TPSA) is 192 Å². The van der Waals surface area contributed by atoms with Crippen LogP contribution in [-0.2, 0) is 28.9 Å². The van der Waals surface area contributed by atoms with Crippen LogP contribution in [0.4, 0.5) is 0 Å². The van der Waals surface area contributed by atoms with Crippen molar-refractivity contribution in [2.75, 3.05) is 13.2 Å². The highest BCUT2D eigenvalue weighted by Gasteiger charge is 2.48. The number of aliphatic hydroxyl groups excluding tert-OH is 4. The normalized spacial score (nSPS) is 18.1. The largest absolute Gasteiger partial charge is 0.397 e. The van der Waals surface area contributed by atoms with E-state index in [1.165, 1.54) is 327 Å². The molecule has 0 aromatic heterocycles. The minimum Gasteiger partial charge on any atom is -0.394 e. The van der Waals surface area contributed by atoms with Crippen LogP contribution < -0.4 is 5.32 Å². The van der Waals surface area contributed by atoms with Crippen molar-refractivity contribution in [1.29, 1.82) is 0 Å². The van der Waals surface area contributed by atoms with Crippen molar-refractivity contribution in [2.24, 2.45) is 0 Å². The second-order valence-corrected chi connectivity index (χ2v) is 28.0. The summed E-state index contributed by atoms with van der Waals surface area (Å²) in [6, 6.07) is -0.944. The van der Waals surface area contributed by atoms with Gasteiger partial charge in [-0.15, -0.1) is 0 Å². The van der Waals surface area contributed by atoms with Crippen LogP contribution in [0.3, 0.4) is 0 Å². The van der Waals surface area contributed by atoms with Crippen LogP contribution >= 0.6 is 0 Å². The second-order valence-electron chi connectivity index (χ2n) is 26.9. The summed E-state index contributed by atoms with van der Waals surface area (Å²) >= 11 is 0. The molecule has 12 nitrogen and oxygen atoms in total. The van der Waals surface area contributed by atoms with E-state index in [0.717, 1.165) is 38.5 Å². The summed E-state index contributed by atoms with van der Waals surface area (Å²) in [5, 5.41) is 45.2. The number of unbranched alkanes of at least 4 members (excludes halogenated alkanes) is 55. The van der Waals surface area contributed by atoms with E-state index < -0.39 is 59.9 Å². The molecule has 1 heterocycles. The fraction of sp³-hybridized carbons (Fsp3) is 0.933. The average molecular weight is 1270 g/mol. The number of ether oxygens (including phenoxy) is 2. The van der Waals surface area contributed by atoms with Crippen molar-refractivity contribution in [1.82, 2.24) is 5.32 Å². The number of hydrogen-bond donors (Lipinski definition) is 6. The molecule has 88 heavy (non-hydrogen) atoms. The molecule has 1 rings (SSSR count). The Labute approximate surface area is 543 Å². The number of nitrogens with one attached hydrogen (secondary N) is 1. The average Bonchev–Trinajstić information content (AvgIpc) is 1.15. The van der Waals surface area contributed by atoms with Gasteiger partial charge in [0.1, 0.15) is 24.4 Å². The Hall–Kier alpha value is -1.42. The Kier molecular flexibility index (Phi) is 61.8. The molecule has 7 unspecified atom stereocenters. The van der Waals surface area contributed by atoms with Gasteiger partial charge in [-0.3, -0.25) is 9.35 Å². The summed E-state index contributed by atoms with van der Waals surface area (Å²) < 4.78 is 48.1. The Morgan fingerprint density at radius 2 is 0.727 bits per heavy atom. The number of rotatable bonds is 69. The Morgan fingerprint density at radius 3 is 1.02 bits per heavy atom. The molecule has 0 aromatic carbocycles. The van der Waals surface area contributed by atoms with Crippen LogP contribution in [0.1, 0.15) is 393 Å². The molecule has 1 fully saturated rings. The smallest absolute Gasteiger partial charge is 0.394 e. The van der Waals surface area contributed by atoms with E-state index in [1.807, 2.05) is 6.08 Å². The first-order valence-corrected chi connectivity index (χ1v) is 39.6. The first-order chi connectivity index (χ1) is 43.0. The van der Waals surface area contributed by atoms with Crippen LogP contribution in [0, 0.1) is 0 Å². The zero-order chi connectivity index (χ0) is 63.9. The fourth-order valence-corrected chi connectivity index (χ4v) is 13.1. The molecule has 0 saturated carbocycles. The van der Waals surface area contributed by atoms with Crippen molar-refractivity contribution in [3.05, 3.63) is 24.3 Å². The van der Waals surface area contributed by atoms with Crippen molar-refractivity contribution >= 4 is 16.3 Å². The first-order valence-electron chi connectivity index (χ1n) is 38.2. The number of amides is 1. The maximum atomic E-state index is 13.2. The summed E-state index contributed by atoms with van der Waals surface area (Å²) in [7, 11) is -5.09. The highest BCUT2D eigenvalue weighted by Crippen LogP contribution is 2.27. The number of carbonyl (C=O) groups excluding carboxylic acids is 1. The molecule has 522 valence electrons. The third-order valence-corrected chi connectivity index (χ3v) is 18.9. The molecule has 0 spiro atoms. The molecule has 1 aliphatic heterocycles. The van der Waals surface area contributed by atoms with Crippen molar-refractivity contribution in [3.8, 4) is 0 Å². The zero-order valence-electron chi connectivity index (χ0n) is 57.6. The lowest BCUT2D eigenvalue weighted by atomic mass is 9.99. The number of hydrogen-bond acceptors (Lipinski definition) is 10. The predicted molar refractivity (Wildman–Crippen MR) is 370 cm³/mol.